The van der Waals surface area contributed by atoms with E-state index in [0.717, 1.165) is 18.7 Å². The molecule has 84 valence electrons. The van der Waals surface area contributed by atoms with Gasteiger partial charge in [-0.2, -0.15) is 5.26 Å². The summed E-state index contributed by atoms with van der Waals surface area (Å²) in [5.41, 5.74) is 0.955. The molecule has 0 amide bonds. The van der Waals surface area contributed by atoms with Gasteiger partial charge in [-0.25, -0.2) is 0 Å². The van der Waals surface area contributed by atoms with Gasteiger partial charge in [0.1, 0.15) is 6.04 Å². The highest BCUT2D eigenvalue weighted by Crippen LogP contribution is 2.23. The van der Waals surface area contributed by atoms with Crippen LogP contribution in [0, 0.1) is 11.3 Å². The molecule has 0 aromatic heterocycles. The minimum Gasteiger partial charge on any atom is -0.379 e. The van der Waals surface area contributed by atoms with E-state index in [1.54, 1.807) is 0 Å². The Bertz CT molecular complexity index is 396. The minimum absolute atomic E-state index is 0.220. The molecule has 0 saturated carbocycles. The summed E-state index contributed by atoms with van der Waals surface area (Å²) in [5.74, 6) is 0. The van der Waals surface area contributed by atoms with Gasteiger partial charge in [0, 0.05) is 18.1 Å². The van der Waals surface area contributed by atoms with Crippen LogP contribution >= 0.6 is 11.6 Å². The van der Waals surface area contributed by atoms with Crippen molar-refractivity contribution in [2.24, 2.45) is 0 Å². The van der Waals surface area contributed by atoms with Gasteiger partial charge in [0.15, 0.2) is 0 Å². The Balaban J connectivity index is 2.18. The molecule has 0 spiro atoms. The predicted molar refractivity (Wildman–Crippen MR) is 62.2 cm³/mol. The summed E-state index contributed by atoms with van der Waals surface area (Å²) in [6, 6.07) is 9.59. The lowest BCUT2D eigenvalue weighted by atomic mass is 10.1. The molecule has 3 nitrogen and oxygen atoms in total. The lowest BCUT2D eigenvalue weighted by molar-refractivity contribution is 0.0266. The Morgan fingerprint density at radius 3 is 2.75 bits per heavy atom. The van der Waals surface area contributed by atoms with Crippen molar-refractivity contribution < 1.29 is 4.74 Å². The van der Waals surface area contributed by atoms with Gasteiger partial charge in [-0.05, 0) is 17.7 Å². The van der Waals surface area contributed by atoms with E-state index in [0.29, 0.717) is 18.2 Å². The third kappa shape index (κ3) is 2.53. The van der Waals surface area contributed by atoms with Crippen LogP contribution in [0.1, 0.15) is 11.6 Å². The maximum absolute atomic E-state index is 9.25. The fourth-order valence-corrected chi connectivity index (χ4v) is 2.08. The van der Waals surface area contributed by atoms with Gasteiger partial charge in [-0.1, -0.05) is 23.7 Å². The number of morpholine rings is 1. The van der Waals surface area contributed by atoms with Gasteiger partial charge in [0.05, 0.1) is 19.3 Å². The standard InChI is InChI=1S/C12H13ClN2O/c13-11-3-1-2-10(8-11)12(9-14)15-4-6-16-7-5-15/h1-3,8,12H,4-7H2. The number of halogens is 1. The molecule has 1 heterocycles. The molecule has 2 rings (SSSR count). The fourth-order valence-electron chi connectivity index (χ4n) is 1.88. The second kappa shape index (κ2) is 5.31. The summed E-state index contributed by atoms with van der Waals surface area (Å²) in [6.07, 6.45) is 0. The average molecular weight is 237 g/mol. The molecule has 1 fully saturated rings. The molecule has 1 aliphatic heterocycles. The lowest BCUT2D eigenvalue weighted by Gasteiger charge is -2.30. The van der Waals surface area contributed by atoms with Crippen LogP contribution in [-0.4, -0.2) is 31.2 Å². The lowest BCUT2D eigenvalue weighted by Crippen LogP contribution is -2.38. The van der Waals surface area contributed by atoms with Crippen molar-refractivity contribution in [2.45, 2.75) is 6.04 Å². The first kappa shape index (κ1) is 11.4. The topological polar surface area (TPSA) is 36.3 Å². The minimum atomic E-state index is -0.220. The van der Waals surface area contributed by atoms with E-state index < -0.39 is 0 Å². The first-order chi connectivity index (χ1) is 7.81. The number of nitrogens with zero attached hydrogens (tertiary/aromatic N) is 2. The van der Waals surface area contributed by atoms with Crippen molar-refractivity contribution in [2.75, 3.05) is 26.3 Å². The third-order valence-corrected chi connectivity index (χ3v) is 2.93. The molecule has 1 unspecified atom stereocenters. The first-order valence-electron chi connectivity index (χ1n) is 5.28. The SMILES string of the molecule is N#CC(c1cccc(Cl)c1)N1CCOCC1. The zero-order valence-electron chi connectivity index (χ0n) is 8.90. The Morgan fingerprint density at radius 1 is 1.38 bits per heavy atom. The second-order valence-corrected chi connectivity index (χ2v) is 4.17. The average Bonchev–Trinajstić information content (AvgIpc) is 2.31. The van der Waals surface area contributed by atoms with Crippen LogP contribution in [0.15, 0.2) is 24.3 Å². The summed E-state index contributed by atoms with van der Waals surface area (Å²) in [4.78, 5) is 2.12. The smallest absolute Gasteiger partial charge is 0.124 e. The second-order valence-electron chi connectivity index (χ2n) is 3.73. The summed E-state index contributed by atoms with van der Waals surface area (Å²) < 4.78 is 5.28. The molecule has 0 bridgehead atoms. The van der Waals surface area contributed by atoms with E-state index in [9.17, 15) is 5.26 Å². The van der Waals surface area contributed by atoms with E-state index in [-0.39, 0.29) is 6.04 Å². The molecular formula is C12H13ClN2O. The normalized spacial score (nSPS) is 19.0. The Kier molecular flexibility index (Phi) is 3.79. The van der Waals surface area contributed by atoms with Gasteiger partial charge in [-0.15, -0.1) is 0 Å². The highest BCUT2D eigenvalue weighted by Gasteiger charge is 2.22. The highest BCUT2D eigenvalue weighted by molar-refractivity contribution is 6.30. The Labute approximate surface area is 100 Å². The number of rotatable bonds is 2. The quantitative estimate of drug-likeness (QED) is 0.790. The third-order valence-electron chi connectivity index (χ3n) is 2.70. The Morgan fingerprint density at radius 2 is 2.12 bits per heavy atom. The molecule has 1 aliphatic rings. The zero-order valence-corrected chi connectivity index (χ0v) is 9.65. The van der Waals surface area contributed by atoms with Gasteiger partial charge in [0.2, 0.25) is 0 Å². The van der Waals surface area contributed by atoms with Crippen molar-refractivity contribution in [1.82, 2.24) is 4.90 Å². The van der Waals surface area contributed by atoms with Crippen LogP contribution in [0.3, 0.4) is 0 Å². The number of ether oxygens (including phenoxy) is 1. The van der Waals surface area contributed by atoms with Crippen molar-refractivity contribution in [1.29, 1.82) is 5.26 Å². The number of hydrogen-bond acceptors (Lipinski definition) is 3. The molecule has 0 radical (unpaired) electrons. The number of nitriles is 1. The monoisotopic (exact) mass is 236 g/mol. The molecule has 0 N–H and O–H groups in total. The molecule has 1 aromatic carbocycles. The largest absolute Gasteiger partial charge is 0.379 e. The maximum Gasteiger partial charge on any atom is 0.124 e. The molecular weight excluding hydrogens is 224 g/mol. The molecule has 16 heavy (non-hydrogen) atoms. The van der Waals surface area contributed by atoms with E-state index in [2.05, 4.69) is 11.0 Å². The maximum atomic E-state index is 9.25. The number of hydrogen-bond donors (Lipinski definition) is 0. The summed E-state index contributed by atoms with van der Waals surface area (Å²) in [6.45, 7) is 2.98. The van der Waals surface area contributed by atoms with Gasteiger partial charge < -0.3 is 4.74 Å². The van der Waals surface area contributed by atoms with E-state index in [4.69, 9.17) is 16.3 Å². The van der Waals surface area contributed by atoms with E-state index in [1.165, 1.54) is 0 Å². The zero-order chi connectivity index (χ0) is 11.4. The van der Waals surface area contributed by atoms with Crippen LogP contribution in [0.5, 0.6) is 0 Å². The Hall–Kier alpha value is -1.08. The molecule has 1 aromatic rings. The highest BCUT2D eigenvalue weighted by atomic mass is 35.5. The fraction of sp³-hybridized carbons (Fsp3) is 0.417. The molecule has 1 saturated heterocycles. The molecule has 1 atom stereocenters. The van der Waals surface area contributed by atoms with Gasteiger partial charge >= 0.3 is 0 Å². The van der Waals surface area contributed by atoms with Crippen molar-refractivity contribution in [3.05, 3.63) is 34.9 Å². The van der Waals surface area contributed by atoms with Gasteiger partial charge in [-0.3, -0.25) is 4.90 Å². The van der Waals surface area contributed by atoms with Crippen molar-refractivity contribution in [3.63, 3.8) is 0 Å². The van der Waals surface area contributed by atoms with Crippen LogP contribution in [0.2, 0.25) is 5.02 Å². The van der Waals surface area contributed by atoms with E-state index >= 15 is 0 Å². The summed E-state index contributed by atoms with van der Waals surface area (Å²) >= 11 is 5.93. The van der Waals surface area contributed by atoms with Crippen LogP contribution in [0.25, 0.3) is 0 Å². The summed E-state index contributed by atoms with van der Waals surface area (Å²) in [7, 11) is 0. The number of benzene rings is 1. The molecule has 0 aliphatic carbocycles. The van der Waals surface area contributed by atoms with Crippen LogP contribution in [0.4, 0.5) is 0 Å². The first-order valence-corrected chi connectivity index (χ1v) is 5.66. The van der Waals surface area contributed by atoms with Crippen LogP contribution < -0.4 is 0 Å². The van der Waals surface area contributed by atoms with Crippen LogP contribution in [-0.2, 0) is 4.74 Å². The van der Waals surface area contributed by atoms with Gasteiger partial charge in [0.25, 0.3) is 0 Å². The van der Waals surface area contributed by atoms with Crippen molar-refractivity contribution >= 4 is 11.6 Å². The molecule has 4 heteroatoms. The predicted octanol–water partition coefficient (Wildman–Crippen LogP) is 2.24. The van der Waals surface area contributed by atoms with Crippen molar-refractivity contribution in [3.8, 4) is 6.07 Å². The van der Waals surface area contributed by atoms with E-state index in [1.807, 2.05) is 24.3 Å². The summed E-state index contributed by atoms with van der Waals surface area (Å²) in [5, 5.41) is 9.92.